The van der Waals surface area contributed by atoms with E-state index in [0.717, 1.165) is 4.73 Å². The number of imidazole rings is 1. The van der Waals surface area contributed by atoms with E-state index >= 15 is 0 Å². The number of hydrogen-bond acceptors (Lipinski definition) is 3. The number of rotatable bonds is 0. The molecule has 0 atom stereocenters. The molecule has 0 spiro atoms. The maximum Gasteiger partial charge on any atom is 0.260 e. The molecule has 16 heavy (non-hydrogen) atoms. The lowest BCUT2D eigenvalue weighted by Gasteiger charge is -2.01. The third-order valence-corrected chi connectivity index (χ3v) is 2.13. The van der Waals surface area contributed by atoms with E-state index in [1.165, 1.54) is 6.20 Å². The summed E-state index contributed by atoms with van der Waals surface area (Å²) >= 11 is 0. The van der Waals surface area contributed by atoms with Gasteiger partial charge < -0.3 is 5.21 Å². The van der Waals surface area contributed by atoms with Gasteiger partial charge in [-0.15, -0.1) is 24.8 Å². The minimum Gasteiger partial charge on any atom is -0.618 e. The van der Waals surface area contributed by atoms with Crippen LogP contribution >= 0.6 is 24.8 Å². The topological polar surface area (TPSA) is 57.1 Å². The Morgan fingerprint density at radius 1 is 1.19 bits per heavy atom. The second kappa shape index (κ2) is 4.51. The molecule has 0 unspecified atom stereocenters. The second-order valence-corrected chi connectivity index (χ2v) is 2.96. The fraction of sp³-hybridized carbons (Fsp3) is 0. The summed E-state index contributed by atoms with van der Waals surface area (Å²) in [5.41, 5.74) is 1.77. The third kappa shape index (κ3) is 1.64. The van der Waals surface area contributed by atoms with Gasteiger partial charge in [-0.3, -0.25) is 4.40 Å². The monoisotopic (exact) mass is 258 g/mol. The van der Waals surface area contributed by atoms with Gasteiger partial charge in [-0.25, -0.2) is 9.97 Å². The molecule has 3 aromatic rings. The lowest BCUT2D eigenvalue weighted by Crippen LogP contribution is -2.27. The molecule has 3 heterocycles. The molecule has 0 aromatic carbocycles. The summed E-state index contributed by atoms with van der Waals surface area (Å²) in [5.74, 6) is 0. The first-order valence-electron chi connectivity index (χ1n) is 4.16. The summed E-state index contributed by atoms with van der Waals surface area (Å²) in [4.78, 5) is 8.18. The van der Waals surface area contributed by atoms with Gasteiger partial charge in [0.2, 0.25) is 17.5 Å². The largest absolute Gasteiger partial charge is 0.618 e. The van der Waals surface area contributed by atoms with Crippen molar-refractivity contribution < 1.29 is 4.73 Å². The van der Waals surface area contributed by atoms with Crippen LogP contribution in [0.3, 0.4) is 0 Å². The van der Waals surface area contributed by atoms with Crippen molar-refractivity contribution in [2.45, 2.75) is 0 Å². The van der Waals surface area contributed by atoms with Gasteiger partial charge in [0.05, 0.1) is 0 Å². The van der Waals surface area contributed by atoms with E-state index in [1.807, 2.05) is 0 Å². The SMILES string of the molecule is Cl.Cl.[O-][n+]1cc2nccn2c2ncccc21. The van der Waals surface area contributed by atoms with Crippen molar-refractivity contribution in [3.05, 3.63) is 42.1 Å². The van der Waals surface area contributed by atoms with Crippen molar-refractivity contribution in [1.29, 1.82) is 0 Å². The molecule has 0 amide bonds. The molecule has 0 aliphatic heterocycles. The molecule has 0 saturated heterocycles. The summed E-state index contributed by atoms with van der Waals surface area (Å²) in [6, 6.07) is 3.47. The molecule has 0 fully saturated rings. The number of pyridine rings is 1. The van der Waals surface area contributed by atoms with Crippen LogP contribution in [0.25, 0.3) is 16.8 Å². The van der Waals surface area contributed by atoms with E-state index in [-0.39, 0.29) is 24.8 Å². The van der Waals surface area contributed by atoms with Crippen molar-refractivity contribution in [2.75, 3.05) is 0 Å². The van der Waals surface area contributed by atoms with Crippen LogP contribution in [0.1, 0.15) is 0 Å². The van der Waals surface area contributed by atoms with Gasteiger partial charge in [0.15, 0.2) is 0 Å². The Bertz CT molecular complexity index is 625. The predicted molar refractivity (Wildman–Crippen MR) is 63.9 cm³/mol. The average molecular weight is 259 g/mol. The maximum atomic E-state index is 11.5. The van der Waals surface area contributed by atoms with Crippen LogP contribution in [0.4, 0.5) is 0 Å². The second-order valence-electron chi connectivity index (χ2n) is 2.96. The fourth-order valence-corrected chi connectivity index (χ4v) is 1.51. The normalized spacial score (nSPS) is 9.75. The summed E-state index contributed by atoms with van der Waals surface area (Å²) in [7, 11) is 0. The lowest BCUT2D eigenvalue weighted by molar-refractivity contribution is -0.576. The highest BCUT2D eigenvalue weighted by Crippen LogP contribution is 2.08. The van der Waals surface area contributed by atoms with Crippen molar-refractivity contribution in [3.63, 3.8) is 0 Å². The summed E-state index contributed by atoms with van der Waals surface area (Å²) in [6.07, 6.45) is 6.51. The summed E-state index contributed by atoms with van der Waals surface area (Å²) in [5, 5.41) is 11.5. The van der Waals surface area contributed by atoms with Crippen LogP contribution in [0.2, 0.25) is 0 Å². The zero-order chi connectivity index (χ0) is 9.54. The van der Waals surface area contributed by atoms with E-state index in [9.17, 15) is 5.21 Å². The Balaban J connectivity index is 0.000000640. The van der Waals surface area contributed by atoms with Crippen LogP contribution in [0, 0.1) is 5.21 Å². The van der Waals surface area contributed by atoms with Crippen molar-refractivity contribution in [2.24, 2.45) is 0 Å². The standard InChI is InChI=1S/C9H6N4O.2ClH/c14-13-6-8-10-4-5-12(8)9-7(13)2-1-3-11-9;;/h1-6H;2*1H. The quantitative estimate of drug-likeness (QED) is 0.452. The Kier molecular flexibility index (Phi) is 3.51. The molecule has 0 aliphatic rings. The third-order valence-electron chi connectivity index (χ3n) is 2.13. The van der Waals surface area contributed by atoms with E-state index in [2.05, 4.69) is 9.97 Å². The number of fused-ring (bicyclic) bond motifs is 3. The van der Waals surface area contributed by atoms with Gasteiger partial charge in [-0.2, -0.15) is 4.73 Å². The molecule has 0 radical (unpaired) electrons. The number of hydrogen-bond donors (Lipinski definition) is 0. The highest BCUT2D eigenvalue weighted by molar-refractivity contribution is 5.85. The van der Waals surface area contributed by atoms with Crippen molar-refractivity contribution in [3.8, 4) is 0 Å². The van der Waals surface area contributed by atoms with E-state index < -0.39 is 0 Å². The Morgan fingerprint density at radius 2 is 2.00 bits per heavy atom. The van der Waals surface area contributed by atoms with Gasteiger partial charge in [0.1, 0.15) is 0 Å². The average Bonchev–Trinajstić information content (AvgIpc) is 2.66. The Morgan fingerprint density at radius 3 is 2.81 bits per heavy atom. The van der Waals surface area contributed by atoms with Crippen LogP contribution in [-0.2, 0) is 0 Å². The molecule has 84 valence electrons. The molecular weight excluding hydrogens is 251 g/mol. The smallest absolute Gasteiger partial charge is 0.260 e. The molecular formula is C9H8Cl2N4O. The minimum atomic E-state index is 0. The zero-order valence-electron chi connectivity index (χ0n) is 7.98. The van der Waals surface area contributed by atoms with Crippen molar-refractivity contribution in [1.82, 2.24) is 14.4 Å². The van der Waals surface area contributed by atoms with E-state index in [0.29, 0.717) is 16.8 Å². The van der Waals surface area contributed by atoms with Gasteiger partial charge in [0.25, 0.3) is 5.52 Å². The first kappa shape index (κ1) is 12.5. The Labute approximate surface area is 103 Å². The van der Waals surface area contributed by atoms with Crippen LogP contribution in [-0.4, -0.2) is 14.4 Å². The van der Waals surface area contributed by atoms with E-state index in [4.69, 9.17) is 0 Å². The predicted octanol–water partition coefficient (Wildman–Crippen LogP) is 1.36. The molecule has 3 rings (SSSR count). The first-order valence-corrected chi connectivity index (χ1v) is 4.16. The van der Waals surface area contributed by atoms with Crippen molar-refractivity contribution >= 4 is 41.6 Å². The number of nitrogens with zero attached hydrogens (tertiary/aromatic N) is 4. The van der Waals surface area contributed by atoms with Gasteiger partial charge in [-0.1, -0.05) is 0 Å². The highest BCUT2D eigenvalue weighted by Gasteiger charge is 2.09. The molecule has 0 aliphatic carbocycles. The number of aromatic nitrogens is 4. The van der Waals surface area contributed by atoms with E-state index in [1.54, 1.807) is 35.1 Å². The molecule has 0 bridgehead atoms. The molecule has 5 nitrogen and oxygen atoms in total. The van der Waals surface area contributed by atoms with Gasteiger partial charge in [0, 0.05) is 24.7 Å². The van der Waals surface area contributed by atoms with Crippen LogP contribution in [0.15, 0.2) is 36.9 Å². The zero-order valence-corrected chi connectivity index (χ0v) is 9.61. The molecule has 0 saturated carbocycles. The molecule has 0 N–H and O–H groups in total. The summed E-state index contributed by atoms with van der Waals surface area (Å²) in [6.45, 7) is 0. The highest BCUT2D eigenvalue weighted by atomic mass is 35.5. The fourth-order valence-electron chi connectivity index (χ4n) is 1.51. The van der Waals surface area contributed by atoms with Gasteiger partial charge >= 0.3 is 0 Å². The van der Waals surface area contributed by atoms with Crippen LogP contribution < -0.4 is 4.73 Å². The minimum absolute atomic E-state index is 0. The molecule has 3 aromatic heterocycles. The van der Waals surface area contributed by atoms with Crippen LogP contribution in [0.5, 0.6) is 0 Å². The lowest BCUT2D eigenvalue weighted by atomic mass is 10.4. The molecule has 7 heteroatoms. The Hall–Kier alpha value is -1.59. The van der Waals surface area contributed by atoms with Gasteiger partial charge in [-0.05, 0) is 6.07 Å². The number of halogens is 2. The maximum absolute atomic E-state index is 11.5. The first-order chi connectivity index (χ1) is 6.86. The summed E-state index contributed by atoms with van der Waals surface area (Å²) < 4.78 is 2.56.